The van der Waals surface area contributed by atoms with E-state index in [2.05, 4.69) is 20.8 Å². The first-order valence-electron chi connectivity index (χ1n) is 7.29. The molecule has 1 aromatic carbocycles. The Hall–Kier alpha value is -1.90. The molecule has 0 radical (unpaired) electrons. The molecule has 0 atom stereocenters. The van der Waals surface area contributed by atoms with Crippen molar-refractivity contribution >= 4 is 28.2 Å². The van der Waals surface area contributed by atoms with Gasteiger partial charge in [0, 0.05) is 43.6 Å². The third kappa shape index (κ3) is 3.95. The molecule has 3 N–H and O–H groups in total. The van der Waals surface area contributed by atoms with E-state index >= 15 is 0 Å². The van der Waals surface area contributed by atoms with Crippen molar-refractivity contribution in [3.63, 3.8) is 0 Å². The van der Waals surface area contributed by atoms with Crippen LogP contribution in [0, 0.1) is 0 Å². The van der Waals surface area contributed by atoms with Crippen LogP contribution in [0.25, 0.3) is 0 Å². The molecule has 0 saturated heterocycles. The maximum atomic E-state index is 12.3. The summed E-state index contributed by atoms with van der Waals surface area (Å²) in [5.74, 6) is -0.238. The van der Waals surface area contributed by atoms with E-state index in [0.717, 1.165) is 29.8 Å². The molecule has 2 heterocycles. The van der Waals surface area contributed by atoms with Gasteiger partial charge >= 0.3 is 0 Å². The van der Waals surface area contributed by atoms with Crippen molar-refractivity contribution in [2.45, 2.75) is 24.4 Å². The van der Waals surface area contributed by atoms with Crippen molar-refractivity contribution in [1.29, 1.82) is 0 Å². The fourth-order valence-electron chi connectivity index (χ4n) is 2.53. The van der Waals surface area contributed by atoms with Crippen LogP contribution < -0.4 is 10.6 Å². The van der Waals surface area contributed by atoms with E-state index in [1.54, 1.807) is 12.1 Å². The average molecular weight is 371 g/mol. The minimum absolute atomic E-state index is 0. The number of carbonyl (C=O) groups is 1. The number of carbonyl (C=O) groups excluding carboxylic acids is 1. The van der Waals surface area contributed by atoms with Crippen LogP contribution in [0.3, 0.4) is 0 Å². The predicted molar refractivity (Wildman–Crippen MR) is 92.0 cm³/mol. The molecular formula is C15H19ClN4O3S. The average Bonchev–Trinajstić information content (AvgIpc) is 2.96. The van der Waals surface area contributed by atoms with Crippen LogP contribution >= 0.6 is 12.4 Å². The molecule has 0 saturated carbocycles. The number of fused-ring (bicyclic) bond motifs is 1. The standard InChI is InChI=1S/C15H18N4O3S.ClH/c1-23(21,22)11-4-2-10(3-5-11)8-17-15(20)14-12-9-16-7-6-13(12)18-19-14;/h2-5,16H,6-9H2,1H3,(H,17,20)(H,18,19);1H. The third-order valence-corrected chi connectivity index (χ3v) is 4.95. The van der Waals surface area contributed by atoms with Crippen LogP contribution in [0.2, 0.25) is 0 Å². The summed E-state index contributed by atoms with van der Waals surface area (Å²) in [5, 5.41) is 13.0. The molecule has 1 aliphatic rings. The van der Waals surface area contributed by atoms with Crippen molar-refractivity contribution in [1.82, 2.24) is 20.8 Å². The molecular weight excluding hydrogens is 352 g/mol. The zero-order valence-electron chi connectivity index (χ0n) is 13.1. The number of hydrogen-bond donors (Lipinski definition) is 3. The van der Waals surface area contributed by atoms with Gasteiger partial charge in [-0.3, -0.25) is 9.89 Å². The number of H-pyrrole nitrogens is 1. The smallest absolute Gasteiger partial charge is 0.272 e. The van der Waals surface area contributed by atoms with Gasteiger partial charge in [-0.05, 0) is 17.7 Å². The number of amides is 1. The Kier molecular flexibility index (Phi) is 5.63. The van der Waals surface area contributed by atoms with E-state index in [1.165, 1.54) is 18.4 Å². The second kappa shape index (κ2) is 7.33. The minimum atomic E-state index is -3.21. The fraction of sp³-hybridized carbons (Fsp3) is 0.333. The van der Waals surface area contributed by atoms with E-state index in [0.29, 0.717) is 18.8 Å². The molecule has 1 amide bonds. The van der Waals surface area contributed by atoms with Gasteiger partial charge in [-0.2, -0.15) is 5.10 Å². The van der Waals surface area contributed by atoms with Crippen LogP contribution in [-0.2, 0) is 29.3 Å². The molecule has 24 heavy (non-hydrogen) atoms. The quantitative estimate of drug-likeness (QED) is 0.738. The summed E-state index contributed by atoms with van der Waals surface area (Å²) in [5.41, 5.74) is 3.17. The van der Waals surface area contributed by atoms with E-state index in [1.807, 2.05) is 0 Å². The number of aromatic amines is 1. The van der Waals surface area contributed by atoms with Crippen molar-refractivity contribution in [3.05, 3.63) is 46.8 Å². The zero-order chi connectivity index (χ0) is 16.4. The van der Waals surface area contributed by atoms with Gasteiger partial charge in [-0.1, -0.05) is 12.1 Å². The number of rotatable bonds is 4. The van der Waals surface area contributed by atoms with Crippen LogP contribution in [-0.4, -0.2) is 37.3 Å². The molecule has 0 fully saturated rings. The number of nitrogens with zero attached hydrogens (tertiary/aromatic N) is 1. The van der Waals surface area contributed by atoms with Gasteiger partial charge in [0.25, 0.3) is 5.91 Å². The summed E-state index contributed by atoms with van der Waals surface area (Å²) in [6, 6.07) is 6.46. The molecule has 0 unspecified atom stereocenters. The molecule has 0 bridgehead atoms. The van der Waals surface area contributed by atoms with E-state index < -0.39 is 9.84 Å². The number of sulfone groups is 1. The SMILES string of the molecule is CS(=O)(=O)c1ccc(CNC(=O)c2n[nH]c3c2CNCC3)cc1.Cl. The highest BCUT2D eigenvalue weighted by Crippen LogP contribution is 2.15. The van der Waals surface area contributed by atoms with Gasteiger partial charge in [0.2, 0.25) is 0 Å². The summed E-state index contributed by atoms with van der Waals surface area (Å²) in [6.45, 7) is 1.83. The van der Waals surface area contributed by atoms with E-state index in [4.69, 9.17) is 0 Å². The van der Waals surface area contributed by atoms with E-state index in [9.17, 15) is 13.2 Å². The van der Waals surface area contributed by atoms with Crippen LogP contribution in [0.15, 0.2) is 29.2 Å². The molecule has 2 aromatic rings. The number of aromatic nitrogens is 2. The summed E-state index contributed by atoms with van der Waals surface area (Å²) in [6.07, 6.45) is 2.00. The third-order valence-electron chi connectivity index (χ3n) is 3.83. The summed E-state index contributed by atoms with van der Waals surface area (Å²) < 4.78 is 22.8. The van der Waals surface area contributed by atoms with Gasteiger partial charge in [-0.15, -0.1) is 12.4 Å². The van der Waals surface area contributed by atoms with Gasteiger partial charge < -0.3 is 10.6 Å². The first-order valence-corrected chi connectivity index (χ1v) is 9.18. The topological polar surface area (TPSA) is 104 Å². The highest BCUT2D eigenvalue weighted by Gasteiger charge is 2.21. The second-order valence-electron chi connectivity index (χ2n) is 5.55. The lowest BCUT2D eigenvalue weighted by Gasteiger charge is -2.12. The first-order chi connectivity index (χ1) is 10.9. The molecule has 7 nitrogen and oxygen atoms in total. The monoisotopic (exact) mass is 370 g/mol. The second-order valence-corrected chi connectivity index (χ2v) is 7.57. The molecule has 0 spiro atoms. The van der Waals surface area contributed by atoms with Gasteiger partial charge in [0.1, 0.15) is 0 Å². The van der Waals surface area contributed by atoms with Gasteiger partial charge in [0.15, 0.2) is 15.5 Å². The van der Waals surface area contributed by atoms with Crippen LogP contribution in [0.5, 0.6) is 0 Å². The Morgan fingerprint density at radius 2 is 2.00 bits per heavy atom. The molecule has 1 aromatic heterocycles. The zero-order valence-corrected chi connectivity index (χ0v) is 14.8. The lowest BCUT2D eigenvalue weighted by molar-refractivity contribution is 0.0944. The Bertz CT molecular complexity index is 831. The van der Waals surface area contributed by atoms with Crippen LogP contribution in [0.1, 0.15) is 27.3 Å². The van der Waals surface area contributed by atoms with Crippen molar-refractivity contribution < 1.29 is 13.2 Å². The maximum Gasteiger partial charge on any atom is 0.272 e. The molecule has 130 valence electrons. The number of hydrogen-bond acceptors (Lipinski definition) is 5. The minimum Gasteiger partial charge on any atom is -0.347 e. The number of halogens is 1. The Morgan fingerprint density at radius 1 is 1.29 bits per heavy atom. The Balaban J connectivity index is 0.00000208. The predicted octanol–water partition coefficient (Wildman–Crippen LogP) is 0.811. The molecule has 3 rings (SSSR count). The Morgan fingerprint density at radius 3 is 2.67 bits per heavy atom. The Labute approximate surface area is 146 Å². The van der Waals surface area contributed by atoms with Crippen molar-refractivity contribution in [2.75, 3.05) is 12.8 Å². The van der Waals surface area contributed by atoms with E-state index in [-0.39, 0.29) is 23.2 Å². The summed E-state index contributed by atoms with van der Waals surface area (Å²) in [4.78, 5) is 12.5. The van der Waals surface area contributed by atoms with Crippen molar-refractivity contribution in [3.8, 4) is 0 Å². The number of benzene rings is 1. The van der Waals surface area contributed by atoms with Gasteiger partial charge in [-0.25, -0.2) is 8.42 Å². The fourth-order valence-corrected chi connectivity index (χ4v) is 3.16. The molecule has 1 aliphatic heterocycles. The molecule has 0 aliphatic carbocycles. The highest BCUT2D eigenvalue weighted by atomic mass is 35.5. The summed E-state index contributed by atoms with van der Waals surface area (Å²) >= 11 is 0. The highest BCUT2D eigenvalue weighted by molar-refractivity contribution is 7.90. The maximum absolute atomic E-state index is 12.3. The van der Waals surface area contributed by atoms with Gasteiger partial charge in [0.05, 0.1) is 4.90 Å². The lowest BCUT2D eigenvalue weighted by atomic mass is 10.1. The van der Waals surface area contributed by atoms with Crippen LogP contribution in [0.4, 0.5) is 0 Å². The normalized spacial score (nSPS) is 13.7. The van der Waals surface area contributed by atoms with Crippen molar-refractivity contribution in [2.24, 2.45) is 0 Å². The summed E-state index contributed by atoms with van der Waals surface area (Å²) in [7, 11) is -3.21. The number of nitrogens with one attached hydrogen (secondary N) is 3. The first kappa shape index (κ1) is 18.4. The molecule has 9 heteroatoms. The lowest BCUT2D eigenvalue weighted by Crippen LogP contribution is -2.28. The largest absolute Gasteiger partial charge is 0.347 e.